The lowest BCUT2D eigenvalue weighted by atomic mass is 10.0. The Bertz CT molecular complexity index is 881. The number of aldehydes is 1. The van der Waals surface area contributed by atoms with E-state index in [2.05, 4.69) is 0 Å². The first-order chi connectivity index (χ1) is 13.4. The maximum Gasteiger partial charge on any atom is 0.255 e. The Balaban J connectivity index is 1.82. The fraction of sp³-hybridized carbons (Fsp3) is 0.333. The Morgan fingerprint density at radius 3 is 2.71 bits per heavy atom. The van der Waals surface area contributed by atoms with Crippen molar-refractivity contribution in [1.29, 1.82) is 0 Å². The third-order valence-electron chi connectivity index (χ3n) is 4.85. The van der Waals surface area contributed by atoms with Gasteiger partial charge >= 0.3 is 0 Å². The van der Waals surface area contributed by atoms with Crippen molar-refractivity contribution < 1.29 is 29.3 Å². The van der Waals surface area contributed by atoms with Crippen LogP contribution >= 0.6 is 0 Å². The van der Waals surface area contributed by atoms with Crippen molar-refractivity contribution in [2.24, 2.45) is 0 Å². The molecule has 28 heavy (non-hydrogen) atoms. The zero-order chi connectivity index (χ0) is 20.3. The van der Waals surface area contributed by atoms with Crippen LogP contribution in [0.3, 0.4) is 0 Å². The summed E-state index contributed by atoms with van der Waals surface area (Å²) in [5.41, 5.74) is 0.722. The Labute approximate surface area is 163 Å². The molecule has 7 nitrogen and oxygen atoms in total. The average molecular weight is 385 g/mol. The predicted molar refractivity (Wildman–Crippen MR) is 102 cm³/mol. The van der Waals surface area contributed by atoms with Crippen molar-refractivity contribution in [1.82, 2.24) is 4.90 Å². The van der Waals surface area contributed by atoms with Crippen LogP contribution in [0.25, 0.3) is 0 Å². The summed E-state index contributed by atoms with van der Waals surface area (Å²) in [4.78, 5) is 26.1. The van der Waals surface area contributed by atoms with Crippen LogP contribution in [0.15, 0.2) is 36.4 Å². The number of carbonyl (C=O) groups is 2. The van der Waals surface area contributed by atoms with E-state index in [1.165, 1.54) is 18.2 Å². The van der Waals surface area contributed by atoms with E-state index in [4.69, 9.17) is 9.47 Å². The molecule has 0 aliphatic carbocycles. The number of rotatable bonds is 5. The normalized spacial score (nSPS) is 19.3. The zero-order valence-corrected chi connectivity index (χ0v) is 15.8. The monoisotopic (exact) mass is 385 g/mol. The van der Waals surface area contributed by atoms with Crippen molar-refractivity contribution >= 4 is 12.2 Å². The van der Waals surface area contributed by atoms with Gasteiger partial charge in [-0.25, -0.2) is 0 Å². The molecule has 1 fully saturated rings. The standard InChI is InChI=1S/C21H23NO6/c1-13-9-22(21(26)16-5-3-7-19(25)17(16)10-23)15(11-27-13)12-28-20-8-4-6-18(24)14(20)2/h3-8,10,13,15,24-25H,9,11-12H2,1-2H3. The minimum Gasteiger partial charge on any atom is -0.508 e. The summed E-state index contributed by atoms with van der Waals surface area (Å²) in [6.45, 7) is 4.38. The number of carbonyl (C=O) groups excluding carboxylic acids is 2. The SMILES string of the molecule is Cc1c(O)cccc1OCC1COC(C)CN1C(=O)c1cccc(O)c1C=O. The lowest BCUT2D eigenvalue weighted by molar-refractivity contribution is -0.0539. The van der Waals surface area contributed by atoms with Crippen LogP contribution in [-0.4, -0.2) is 59.2 Å². The van der Waals surface area contributed by atoms with Crippen LogP contribution in [0.5, 0.6) is 17.2 Å². The molecule has 2 N–H and O–H groups in total. The molecule has 2 unspecified atom stereocenters. The fourth-order valence-corrected chi connectivity index (χ4v) is 3.19. The minimum absolute atomic E-state index is 0.0323. The number of hydrogen-bond acceptors (Lipinski definition) is 6. The Kier molecular flexibility index (Phi) is 5.84. The summed E-state index contributed by atoms with van der Waals surface area (Å²) in [6, 6.07) is 9.04. The molecule has 1 saturated heterocycles. The average Bonchev–Trinajstić information content (AvgIpc) is 2.69. The molecule has 2 aromatic rings. The number of nitrogens with zero attached hydrogens (tertiary/aromatic N) is 1. The van der Waals surface area contributed by atoms with Crippen LogP contribution < -0.4 is 4.74 Å². The molecule has 1 aliphatic rings. The summed E-state index contributed by atoms with van der Waals surface area (Å²) in [5.74, 6) is 0.0611. The molecule has 2 atom stereocenters. The third-order valence-corrected chi connectivity index (χ3v) is 4.85. The maximum atomic E-state index is 13.1. The van der Waals surface area contributed by atoms with Crippen molar-refractivity contribution in [3.8, 4) is 17.2 Å². The second kappa shape index (κ2) is 8.31. The quantitative estimate of drug-likeness (QED) is 0.768. The molecule has 148 valence electrons. The Morgan fingerprint density at radius 2 is 1.96 bits per heavy atom. The van der Waals surface area contributed by atoms with Crippen LogP contribution in [-0.2, 0) is 4.74 Å². The van der Waals surface area contributed by atoms with Gasteiger partial charge < -0.3 is 24.6 Å². The van der Waals surface area contributed by atoms with Crippen molar-refractivity contribution in [2.45, 2.75) is 26.0 Å². The predicted octanol–water partition coefficient (Wildman–Crippen LogP) is 2.53. The maximum absolute atomic E-state index is 13.1. The molecule has 0 radical (unpaired) electrons. The molecule has 0 spiro atoms. The highest BCUT2D eigenvalue weighted by atomic mass is 16.5. The largest absolute Gasteiger partial charge is 0.508 e. The highest BCUT2D eigenvalue weighted by Gasteiger charge is 2.33. The van der Waals surface area contributed by atoms with Crippen molar-refractivity contribution in [3.63, 3.8) is 0 Å². The molecule has 0 bridgehead atoms. The lowest BCUT2D eigenvalue weighted by Gasteiger charge is -2.38. The second-order valence-electron chi connectivity index (χ2n) is 6.82. The van der Waals surface area contributed by atoms with Gasteiger partial charge in [-0.2, -0.15) is 0 Å². The number of morpholine rings is 1. The summed E-state index contributed by atoms with van der Waals surface area (Å²) >= 11 is 0. The van der Waals surface area contributed by atoms with Crippen LogP contribution in [0.2, 0.25) is 0 Å². The van der Waals surface area contributed by atoms with Gasteiger partial charge in [0.25, 0.3) is 5.91 Å². The first-order valence-corrected chi connectivity index (χ1v) is 9.03. The highest BCUT2D eigenvalue weighted by molar-refractivity contribution is 6.03. The van der Waals surface area contributed by atoms with Crippen molar-refractivity contribution in [2.75, 3.05) is 19.8 Å². The van der Waals surface area contributed by atoms with Crippen LogP contribution in [0.4, 0.5) is 0 Å². The Morgan fingerprint density at radius 1 is 1.25 bits per heavy atom. The molecule has 3 rings (SSSR count). The van der Waals surface area contributed by atoms with E-state index in [0.29, 0.717) is 24.1 Å². The second-order valence-corrected chi connectivity index (χ2v) is 6.82. The first-order valence-electron chi connectivity index (χ1n) is 9.03. The molecular weight excluding hydrogens is 362 g/mol. The number of hydrogen-bond donors (Lipinski definition) is 2. The number of ether oxygens (including phenoxy) is 2. The summed E-state index contributed by atoms with van der Waals surface area (Å²) in [5, 5.41) is 19.7. The number of benzene rings is 2. The zero-order valence-electron chi connectivity index (χ0n) is 15.8. The van der Waals surface area contributed by atoms with Crippen LogP contribution in [0.1, 0.15) is 33.2 Å². The van der Waals surface area contributed by atoms with Crippen molar-refractivity contribution in [3.05, 3.63) is 53.1 Å². The van der Waals surface area contributed by atoms with Gasteiger partial charge in [0, 0.05) is 12.1 Å². The smallest absolute Gasteiger partial charge is 0.255 e. The molecule has 1 amide bonds. The number of aromatic hydroxyl groups is 2. The molecule has 0 saturated carbocycles. The number of phenolic OH excluding ortho intramolecular Hbond substituents is 2. The van der Waals surface area contributed by atoms with Gasteiger partial charge in [-0.3, -0.25) is 9.59 Å². The molecule has 1 heterocycles. The fourth-order valence-electron chi connectivity index (χ4n) is 3.19. The van der Waals surface area contributed by atoms with Crippen LogP contribution in [0, 0.1) is 6.92 Å². The van der Waals surface area contributed by atoms with E-state index in [9.17, 15) is 19.8 Å². The summed E-state index contributed by atoms with van der Waals surface area (Å²) < 4.78 is 11.5. The summed E-state index contributed by atoms with van der Waals surface area (Å²) in [6.07, 6.45) is 0.313. The van der Waals surface area contributed by atoms with Gasteiger partial charge in [0.15, 0.2) is 6.29 Å². The Hall–Kier alpha value is -3.06. The third kappa shape index (κ3) is 3.94. The summed E-state index contributed by atoms with van der Waals surface area (Å²) in [7, 11) is 0. The van der Waals surface area contributed by atoms with Gasteiger partial charge in [0.2, 0.25) is 0 Å². The molecule has 0 aromatic heterocycles. The van der Waals surface area contributed by atoms with E-state index < -0.39 is 0 Å². The lowest BCUT2D eigenvalue weighted by Crippen LogP contribution is -2.54. The van der Waals surface area contributed by atoms with Gasteiger partial charge in [-0.15, -0.1) is 0 Å². The minimum atomic E-state index is -0.382. The topological polar surface area (TPSA) is 96.3 Å². The van der Waals surface area contributed by atoms with E-state index in [1.54, 1.807) is 30.0 Å². The van der Waals surface area contributed by atoms with E-state index in [0.717, 1.165) is 0 Å². The van der Waals surface area contributed by atoms with Gasteiger partial charge in [-0.1, -0.05) is 12.1 Å². The first kappa shape index (κ1) is 19.7. The molecular formula is C21H23NO6. The molecule has 7 heteroatoms. The van der Waals surface area contributed by atoms with Gasteiger partial charge in [-0.05, 0) is 38.1 Å². The van der Waals surface area contributed by atoms with E-state index >= 15 is 0 Å². The van der Waals surface area contributed by atoms with Gasteiger partial charge in [0.05, 0.1) is 29.9 Å². The molecule has 2 aromatic carbocycles. The van der Waals surface area contributed by atoms with E-state index in [-0.39, 0.29) is 53.9 Å². The highest BCUT2D eigenvalue weighted by Crippen LogP contribution is 2.27. The number of phenols is 2. The molecule has 1 aliphatic heterocycles. The van der Waals surface area contributed by atoms with E-state index in [1.807, 2.05) is 6.92 Å². The van der Waals surface area contributed by atoms with Gasteiger partial charge in [0.1, 0.15) is 23.9 Å². The number of amides is 1.